The van der Waals surface area contributed by atoms with E-state index in [0.29, 0.717) is 6.54 Å². The second kappa shape index (κ2) is 6.16. The summed E-state index contributed by atoms with van der Waals surface area (Å²) in [5.74, 6) is -0.194. The number of nitrogens with two attached hydrogens (primary N) is 1. The first-order chi connectivity index (χ1) is 7.24. The molecule has 1 atom stereocenters. The largest absolute Gasteiger partial charge is 0.383 e. The lowest BCUT2D eigenvalue weighted by Crippen LogP contribution is -2.43. The highest BCUT2D eigenvalue weighted by molar-refractivity contribution is 5.81. The zero-order valence-corrected chi connectivity index (χ0v) is 8.77. The molecular formula is C11H16N2O2. The Balaban J connectivity index is 2.34. The van der Waals surface area contributed by atoms with Gasteiger partial charge in [0.2, 0.25) is 5.91 Å². The summed E-state index contributed by atoms with van der Waals surface area (Å²) in [6.45, 7) is 0.734. The van der Waals surface area contributed by atoms with E-state index in [4.69, 9.17) is 10.5 Å². The van der Waals surface area contributed by atoms with E-state index in [2.05, 4.69) is 5.32 Å². The fourth-order valence-corrected chi connectivity index (χ4v) is 1.17. The molecule has 1 aromatic carbocycles. The van der Waals surface area contributed by atoms with Gasteiger partial charge in [-0.05, 0) is 5.56 Å². The molecule has 3 N–H and O–H groups in total. The molecule has 0 heterocycles. The lowest BCUT2D eigenvalue weighted by molar-refractivity contribution is -0.123. The lowest BCUT2D eigenvalue weighted by Gasteiger charge is -2.10. The van der Waals surface area contributed by atoms with Crippen molar-refractivity contribution >= 4 is 5.91 Å². The summed E-state index contributed by atoms with van der Waals surface area (Å²) in [7, 11) is 1.52. The minimum absolute atomic E-state index is 0.194. The minimum atomic E-state index is -0.598. The monoisotopic (exact) mass is 208 g/mol. The van der Waals surface area contributed by atoms with Crippen LogP contribution in [-0.2, 0) is 16.1 Å². The molecule has 0 saturated carbocycles. The van der Waals surface area contributed by atoms with Crippen LogP contribution in [0, 0.1) is 0 Å². The third kappa shape index (κ3) is 4.10. The molecule has 0 spiro atoms. The van der Waals surface area contributed by atoms with Gasteiger partial charge in [-0.25, -0.2) is 0 Å². The summed E-state index contributed by atoms with van der Waals surface area (Å²) < 4.78 is 4.79. The van der Waals surface area contributed by atoms with Crippen molar-refractivity contribution in [3.63, 3.8) is 0 Å². The molecule has 4 nitrogen and oxygen atoms in total. The first kappa shape index (κ1) is 11.7. The molecule has 0 fully saturated rings. The van der Waals surface area contributed by atoms with E-state index in [-0.39, 0.29) is 12.5 Å². The zero-order valence-electron chi connectivity index (χ0n) is 8.77. The van der Waals surface area contributed by atoms with Crippen LogP contribution in [0.25, 0.3) is 0 Å². The summed E-state index contributed by atoms with van der Waals surface area (Å²) in [6.07, 6.45) is 0. The summed E-state index contributed by atoms with van der Waals surface area (Å²) in [4.78, 5) is 11.4. The SMILES string of the molecule is COC[C@H](N)C(=O)NCc1ccccc1. The molecular weight excluding hydrogens is 192 g/mol. The molecule has 15 heavy (non-hydrogen) atoms. The molecule has 0 aliphatic carbocycles. The number of methoxy groups -OCH3 is 1. The summed E-state index contributed by atoms with van der Waals surface area (Å²) in [6, 6.07) is 9.08. The fraction of sp³-hybridized carbons (Fsp3) is 0.364. The number of hydrogen-bond donors (Lipinski definition) is 2. The van der Waals surface area contributed by atoms with Gasteiger partial charge in [0.15, 0.2) is 0 Å². The number of hydrogen-bond acceptors (Lipinski definition) is 3. The lowest BCUT2D eigenvalue weighted by atomic mass is 10.2. The van der Waals surface area contributed by atoms with Crippen LogP contribution in [0.1, 0.15) is 5.56 Å². The normalized spacial score (nSPS) is 12.1. The van der Waals surface area contributed by atoms with Gasteiger partial charge < -0.3 is 15.8 Å². The Labute approximate surface area is 89.4 Å². The second-order valence-electron chi connectivity index (χ2n) is 3.27. The van der Waals surface area contributed by atoms with Gasteiger partial charge in [-0.3, -0.25) is 4.79 Å². The number of benzene rings is 1. The third-order valence-corrected chi connectivity index (χ3v) is 1.99. The Morgan fingerprint density at radius 3 is 2.73 bits per heavy atom. The standard InChI is InChI=1S/C11H16N2O2/c1-15-8-10(12)11(14)13-7-9-5-3-2-4-6-9/h2-6,10H,7-8,12H2,1H3,(H,13,14)/t10-/m0/s1. The quantitative estimate of drug-likeness (QED) is 0.730. The van der Waals surface area contributed by atoms with E-state index in [9.17, 15) is 4.79 Å². The number of nitrogens with one attached hydrogen (secondary N) is 1. The summed E-state index contributed by atoms with van der Waals surface area (Å²) >= 11 is 0. The van der Waals surface area contributed by atoms with Crippen molar-refractivity contribution < 1.29 is 9.53 Å². The van der Waals surface area contributed by atoms with Gasteiger partial charge in [-0.1, -0.05) is 30.3 Å². The van der Waals surface area contributed by atoms with Gasteiger partial charge in [0.05, 0.1) is 6.61 Å². The van der Waals surface area contributed by atoms with Crippen LogP contribution in [-0.4, -0.2) is 25.7 Å². The predicted octanol–water partition coefficient (Wildman–Crippen LogP) is 0.277. The summed E-state index contributed by atoms with van der Waals surface area (Å²) in [5.41, 5.74) is 6.61. The van der Waals surface area contributed by atoms with Crippen LogP contribution in [0.3, 0.4) is 0 Å². The van der Waals surface area contributed by atoms with Crippen LogP contribution in [0.5, 0.6) is 0 Å². The first-order valence-corrected chi connectivity index (χ1v) is 4.80. The molecule has 0 unspecified atom stereocenters. The highest BCUT2D eigenvalue weighted by atomic mass is 16.5. The van der Waals surface area contributed by atoms with Crippen LogP contribution in [0.2, 0.25) is 0 Å². The maximum Gasteiger partial charge on any atom is 0.239 e. The Kier molecular flexibility index (Phi) is 4.80. The van der Waals surface area contributed by atoms with Gasteiger partial charge >= 0.3 is 0 Å². The number of carbonyl (C=O) groups is 1. The van der Waals surface area contributed by atoms with Gasteiger partial charge in [0.25, 0.3) is 0 Å². The molecule has 0 saturated heterocycles. The topological polar surface area (TPSA) is 64.3 Å². The van der Waals surface area contributed by atoms with Crippen molar-refractivity contribution in [1.82, 2.24) is 5.32 Å². The van der Waals surface area contributed by atoms with Crippen molar-refractivity contribution in [2.75, 3.05) is 13.7 Å². The van der Waals surface area contributed by atoms with E-state index in [1.807, 2.05) is 30.3 Å². The molecule has 82 valence electrons. The highest BCUT2D eigenvalue weighted by Crippen LogP contribution is 1.97. The smallest absolute Gasteiger partial charge is 0.239 e. The molecule has 1 aromatic rings. The third-order valence-electron chi connectivity index (χ3n) is 1.99. The predicted molar refractivity (Wildman–Crippen MR) is 58.1 cm³/mol. The number of rotatable bonds is 5. The van der Waals surface area contributed by atoms with Gasteiger partial charge in [-0.2, -0.15) is 0 Å². The average Bonchev–Trinajstić information content (AvgIpc) is 2.27. The highest BCUT2D eigenvalue weighted by Gasteiger charge is 2.11. The maximum atomic E-state index is 11.4. The van der Waals surface area contributed by atoms with Crippen LogP contribution in [0.4, 0.5) is 0 Å². The molecule has 0 radical (unpaired) electrons. The molecule has 1 amide bonds. The molecule has 4 heteroatoms. The van der Waals surface area contributed by atoms with E-state index in [1.165, 1.54) is 7.11 Å². The van der Waals surface area contributed by atoms with Crippen molar-refractivity contribution in [1.29, 1.82) is 0 Å². The average molecular weight is 208 g/mol. The van der Waals surface area contributed by atoms with Gasteiger partial charge in [0, 0.05) is 13.7 Å². The molecule has 1 rings (SSSR count). The zero-order chi connectivity index (χ0) is 11.1. The number of carbonyl (C=O) groups excluding carboxylic acids is 1. The minimum Gasteiger partial charge on any atom is -0.383 e. The van der Waals surface area contributed by atoms with Crippen molar-refractivity contribution in [3.05, 3.63) is 35.9 Å². The first-order valence-electron chi connectivity index (χ1n) is 4.80. The van der Waals surface area contributed by atoms with Crippen molar-refractivity contribution in [2.24, 2.45) is 5.73 Å². The van der Waals surface area contributed by atoms with Gasteiger partial charge in [0.1, 0.15) is 6.04 Å². The van der Waals surface area contributed by atoms with E-state index in [1.54, 1.807) is 0 Å². The van der Waals surface area contributed by atoms with Crippen LogP contribution < -0.4 is 11.1 Å². The van der Waals surface area contributed by atoms with E-state index >= 15 is 0 Å². The number of amides is 1. The molecule has 0 aliphatic heterocycles. The van der Waals surface area contributed by atoms with Gasteiger partial charge in [-0.15, -0.1) is 0 Å². The summed E-state index contributed by atoms with van der Waals surface area (Å²) in [5, 5.41) is 2.74. The van der Waals surface area contributed by atoms with Crippen molar-refractivity contribution in [3.8, 4) is 0 Å². The van der Waals surface area contributed by atoms with Crippen LogP contribution >= 0.6 is 0 Å². The Morgan fingerprint density at radius 2 is 2.13 bits per heavy atom. The number of ether oxygens (including phenoxy) is 1. The maximum absolute atomic E-state index is 11.4. The van der Waals surface area contributed by atoms with E-state index in [0.717, 1.165) is 5.56 Å². The van der Waals surface area contributed by atoms with Crippen molar-refractivity contribution in [2.45, 2.75) is 12.6 Å². The Hall–Kier alpha value is -1.39. The van der Waals surface area contributed by atoms with E-state index < -0.39 is 6.04 Å². The van der Waals surface area contributed by atoms with Crippen LogP contribution in [0.15, 0.2) is 30.3 Å². The molecule has 0 aliphatic rings. The molecule has 0 bridgehead atoms. The second-order valence-corrected chi connectivity index (χ2v) is 3.27. The molecule has 0 aromatic heterocycles. The Morgan fingerprint density at radius 1 is 1.47 bits per heavy atom. The Bertz CT molecular complexity index is 301. The fourth-order valence-electron chi connectivity index (χ4n) is 1.17.